The number of amides is 1. The topological polar surface area (TPSA) is 41.1 Å². The first-order chi connectivity index (χ1) is 10.1. The van der Waals surface area contributed by atoms with Crippen LogP contribution in [0.1, 0.15) is 16.7 Å². The molecule has 0 aliphatic rings. The zero-order valence-corrected chi connectivity index (χ0v) is 12.2. The lowest BCUT2D eigenvalue weighted by Gasteiger charge is -2.09. The van der Waals surface area contributed by atoms with Gasteiger partial charge in [-0.3, -0.25) is 4.79 Å². The van der Waals surface area contributed by atoms with Crippen molar-refractivity contribution in [2.75, 3.05) is 11.9 Å². The van der Waals surface area contributed by atoms with Crippen LogP contribution in [0, 0.1) is 19.7 Å². The van der Waals surface area contributed by atoms with Gasteiger partial charge < -0.3 is 10.6 Å². The largest absolute Gasteiger partial charge is 0.325 e. The summed E-state index contributed by atoms with van der Waals surface area (Å²) < 4.78 is 13.5. The number of halogens is 1. The first-order valence-electron chi connectivity index (χ1n) is 6.87. The molecule has 0 bridgehead atoms. The Morgan fingerprint density at radius 2 is 1.71 bits per heavy atom. The first kappa shape index (κ1) is 15.2. The lowest BCUT2D eigenvalue weighted by atomic mass is 10.1. The van der Waals surface area contributed by atoms with E-state index in [0.717, 1.165) is 11.3 Å². The number of carbonyl (C=O) groups excluding carboxylic acids is 1. The quantitative estimate of drug-likeness (QED) is 0.886. The van der Waals surface area contributed by atoms with Crippen molar-refractivity contribution in [3.63, 3.8) is 0 Å². The number of benzene rings is 2. The summed E-state index contributed by atoms with van der Waals surface area (Å²) >= 11 is 0. The zero-order valence-electron chi connectivity index (χ0n) is 12.2. The summed E-state index contributed by atoms with van der Waals surface area (Å²) in [4.78, 5) is 11.8. The van der Waals surface area contributed by atoms with E-state index in [4.69, 9.17) is 0 Å². The van der Waals surface area contributed by atoms with E-state index in [-0.39, 0.29) is 18.3 Å². The number of carbonyl (C=O) groups is 1. The van der Waals surface area contributed by atoms with E-state index >= 15 is 0 Å². The Morgan fingerprint density at radius 1 is 1.10 bits per heavy atom. The fourth-order valence-corrected chi connectivity index (χ4v) is 2.18. The van der Waals surface area contributed by atoms with Gasteiger partial charge in [0.2, 0.25) is 5.91 Å². The second-order valence-electron chi connectivity index (χ2n) is 5.06. The molecule has 21 heavy (non-hydrogen) atoms. The average Bonchev–Trinajstić information content (AvgIpc) is 2.45. The molecule has 4 heteroatoms. The molecule has 2 aromatic rings. The Labute approximate surface area is 124 Å². The number of aryl methyl sites for hydroxylation is 2. The first-order valence-corrected chi connectivity index (χ1v) is 6.87. The van der Waals surface area contributed by atoms with E-state index in [1.807, 2.05) is 30.3 Å². The molecule has 0 spiro atoms. The highest BCUT2D eigenvalue weighted by atomic mass is 19.1. The second-order valence-corrected chi connectivity index (χ2v) is 5.06. The highest BCUT2D eigenvalue weighted by Gasteiger charge is 2.05. The number of hydrogen-bond acceptors (Lipinski definition) is 2. The predicted molar refractivity (Wildman–Crippen MR) is 82.7 cm³/mol. The molecule has 0 atom stereocenters. The van der Waals surface area contributed by atoms with Crippen molar-refractivity contribution < 1.29 is 9.18 Å². The Hall–Kier alpha value is -2.20. The van der Waals surface area contributed by atoms with Crippen molar-refractivity contribution in [1.82, 2.24) is 5.32 Å². The Kier molecular flexibility index (Phi) is 5.06. The molecule has 0 saturated heterocycles. The van der Waals surface area contributed by atoms with Crippen LogP contribution in [0.2, 0.25) is 0 Å². The van der Waals surface area contributed by atoms with Gasteiger partial charge in [0, 0.05) is 12.2 Å². The number of nitrogens with one attached hydrogen (secondary N) is 2. The number of para-hydroxylation sites is 1. The molecule has 1 amide bonds. The average molecular weight is 286 g/mol. The molecule has 3 nitrogen and oxygen atoms in total. The Morgan fingerprint density at radius 3 is 2.33 bits per heavy atom. The number of rotatable bonds is 5. The number of anilines is 1. The lowest BCUT2D eigenvalue weighted by Crippen LogP contribution is -2.27. The summed E-state index contributed by atoms with van der Waals surface area (Å²) in [5.41, 5.74) is 3.00. The van der Waals surface area contributed by atoms with Gasteiger partial charge in [0.1, 0.15) is 5.82 Å². The van der Waals surface area contributed by atoms with Gasteiger partial charge in [-0.1, -0.05) is 30.3 Å². The minimum absolute atomic E-state index is 0.100. The second kappa shape index (κ2) is 6.99. The van der Waals surface area contributed by atoms with Crippen LogP contribution in [0.25, 0.3) is 0 Å². The highest BCUT2D eigenvalue weighted by Crippen LogP contribution is 2.14. The smallest absolute Gasteiger partial charge is 0.238 e. The van der Waals surface area contributed by atoms with Crippen molar-refractivity contribution in [2.45, 2.75) is 20.4 Å². The molecule has 2 aromatic carbocycles. The minimum atomic E-state index is -0.166. The van der Waals surface area contributed by atoms with Gasteiger partial charge in [0.05, 0.1) is 6.54 Å². The number of hydrogen-bond donors (Lipinski definition) is 2. The summed E-state index contributed by atoms with van der Waals surface area (Å²) in [5, 5.41) is 5.86. The third-order valence-electron chi connectivity index (χ3n) is 3.17. The molecule has 110 valence electrons. The highest BCUT2D eigenvalue weighted by molar-refractivity contribution is 5.92. The predicted octanol–water partition coefficient (Wildman–Crippen LogP) is 3.17. The minimum Gasteiger partial charge on any atom is -0.325 e. The zero-order chi connectivity index (χ0) is 15.2. The summed E-state index contributed by atoms with van der Waals surface area (Å²) in [6.07, 6.45) is 0. The summed E-state index contributed by atoms with van der Waals surface area (Å²) in [6, 6.07) is 12.9. The van der Waals surface area contributed by atoms with Gasteiger partial charge in [-0.2, -0.15) is 0 Å². The fourth-order valence-electron chi connectivity index (χ4n) is 2.18. The SMILES string of the molecule is Cc1cc(CNCC(=O)Nc2ccccc2)cc(C)c1F. The van der Waals surface area contributed by atoms with Crippen molar-refractivity contribution >= 4 is 11.6 Å². The summed E-state index contributed by atoms with van der Waals surface area (Å²) in [5.74, 6) is -0.266. The van der Waals surface area contributed by atoms with E-state index in [9.17, 15) is 9.18 Å². The third kappa shape index (κ3) is 4.39. The molecule has 2 rings (SSSR count). The maximum atomic E-state index is 13.5. The van der Waals surface area contributed by atoms with Gasteiger partial charge >= 0.3 is 0 Å². The van der Waals surface area contributed by atoms with E-state index in [1.54, 1.807) is 26.0 Å². The van der Waals surface area contributed by atoms with Crippen LogP contribution in [0.3, 0.4) is 0 Å². The van der Waals surface area contributed by atoms with E-state index in [2.05, 4.69) is 10.6 Å². The van der Waals surface area contributed by atoms with Crippen molar-refractivity contribution in [3.8, 4) is 0 Å². The normalized spacial score (nSPS) is 10.4. The molecule has 0 aromatic heterocycles. The van der Waals surface area contributed by atoms with Crippen LogP contribution >= 0.6 is 0 Å². The van der Waals surface area contributed by atoms with Gasteiger partial charge in [0.25, 0.3) is 0 Å². The van der Waals surface area contributed by atoms with Crippen molar-refractivity contribution in [2.24, 2.45) is 0 Å². The molecular formula is C17H19FN2O. The Balaban J connectivity index is 1.83. The molecule has 0 aliphatic carbocycles. The van der Waals surface area contributed by atoms with Gasteiger partial charge in [-0.25, -0.2) is 4.39 Å². The fraction of sp³-hybridized carbons (Fsp3) is 0.235. The van der Waals surface area contributed by atoms with Gasteiger partial charge in [-0.05, 0) is 42.7 Å². The van der Waals surface area contributed by atoms with Crippen LogP contribution in [0.4, 0.5) is 10.1 Å². The van der Waals surface area contributed by atoms with E-state index < -0.39 is 0 Å². The standard InChI is InChI=1S/C17H19FN2O/c1-12-8-14(9-13(2)17(12)18)10-19-11-16(21)20-15-6-4-3-5-7-15/h3-9,19H,10-11H2,1-2H3,(H,20,21). The maximum absolute atomic E-state index is 13.5. The monoisotopic (exact) mass is 286 g/mol. The molecule has 0 unspecified atom stereocenters. The summed E-state index contributed by atoms with van der Waals surface area (Å²) in [6.45, 7) is 4.23. The molecule has 0 heterocycles. The van der Waals surface area contributed by atoms with Gasteiger partial charge in [-0.15, -0.1) is 0 Å². The molecule has 0 fully saturated rings. The Bertz CT molecular complexity index is 603. The van der Waals surface area contributed by atoms with Crippen LogP contribution in [0.15, 0.2) is 42.5 Å². The van der Waals surface area contributed by atoms with Crippen LogP contribution in [-0.2, 0) is 11.3 Å². The van der Waals surface area contributed by atoms with Crippen LogP contribution in [-0.4, -0.2) is 12.5 Å². The van der Waals surface area contributed by atoms with E-state index in [1.165, 1.54) is 0 Å². The van der Waals surface area contributed by atoms with E-state index in [0.29, 0.717) is 17.7 Å². The summed E-state index contributed by atoms with van der Waals surface area (Å²) in [7, 11) is 0. The van der Waals surface area contributed by atoms with Crippen LogP contribution in [0.5, 0.6) is 0 Å². The molecular weight excluding hydrogens is 267 g/mol. The van der Waals surface area contributed by atoms with Crippen molar-refractivity contribution in [1.29, 1.82) is 0 Å². The van der Waals surface area contributed by atoms with Crippen molar-refractivity contribution in [3.05, 3.63) is 65.0 Å². The van der Waals surface area contributed by atoms with Gasteiger partial charge in [0.15, 0.2) is 0 Å². The molecule has 2 N–H and O–H groups in total. The lowest BCUT2D eigenvalue weighted by molar-refractivity contribution is -0.115. The maximum Gasteiger partial charge on any atom is 0.238 e. The van der Waals surface area contributed by atoms with Crippen LogP contribution < -0.4 is 10.6 Å². The molecule has 0 aliphatic heterocycles. The molecule has 0 radical (unpaired) electrons. The third-order valence-corrected chi connectivity index (χ3v) is 3.17. The molecule has 0 saturated carbocycles.